The zero-order valence-corrected chi connectivity index (χ0v) is 12.5. The van der Waals surface area contributed by atoms with Crippen molar-refractivity contribution in [2.24, 2.45) is 0 Å². The van der Waals surface area contributed by atoms with Crippen LogP contribution in [0.5, 0.6) is 0 Å². The van der Waals surface area contributed by atoms with E-state index in [-0.39, 0.29) is 11.8 Å². The molecule has 0 saturated heterocycles. The predicted octanol–water partition coefficient (Wildman–Crippen LogP) is 2.50. The van der Waals surface area contributed by atoms with Gasteiger partial charge in [0.25, 0.3) is 5.91 Å². The van der Waals surface area contributed by atoms with Crippen LogP contribution in [0.2, 0.25) is 0 Å². The number of carbonyl (C=O) groups excluding carboxylic acids is 2. The highest BCUT2D eigenvalue weighted by molar-refractivity contribution is 6.05. The number of nitrogens with zero attached hydrogens (tertiary/aromatic N) is 1. The number of rotatable bonds is 3. The largest absolute Gasteiger partial charge is 0.378 e. The third kappa shape index (κ3) is 2.79. The van der Waals surface area contributed by atoms with Crippen LogP contribution in [0.3, 0.4) is 0 Å². The van der Waals surface area contributed by atoms with Crippen LogP contribution in [0.1, 0.15) is 15.9 Å². The van der Waals surface area contributed by atoms with Gasteiger partial charge < -0.3 is 15.5 Å². The van der Waals surface area contributed by atoms with Crippen LogP contribution in [0.4, 0.5) is 17.1 Å². The molecule has 0 atom stereocenters. The van der Waals surface area contributed by atoms with Crippen LogP contribution < -0.4 is 15.5 Å². The van der Waals surface area contributed by atoms with E-state index in [0.717, 1.165) is 16.9 Å². The molecule has 5 nitrogen and oxygen atoms in total. The van der Waals surface area contributed by atoms with Crippen molar-refractivity contribution < 1.29 is 9.59 Å². The lowest BCUT2D eigenvalue weighted by molar-refractivity contribution is -0.115. The van der Waals surface area contributed by atoms with Crippen LogP contribution in [0, 0.1) is 0 Å². The molecular formula is C17H17N3O2. The molecule has 1 aliphatic rings. The molecule has 2 amide bonds. The zero-order chi connectivity index (χ0) is 15.7. The Labute approximate surface area is 128 Å². The smallest absolute Gasteiger partial charge is 0.255 e. The van der Waals surface area contributed by atoms with Gasteiger partial charge in [-0.1, -0.05) is 0 Å². The summed E-state index contributed by atoms with van der Waals surface area (Å²) in [6, 6.07) is 12.8. The number of hydrogen-bond donors (Lipinski definition) is 2. The highest BCUT2D eigenvalue weighted by Gasteiger charge is 2.18. The summed E-state index contributed by atoms with van der Waals surface area (Å²) >= 11 is 0. The van der Waals surface area contributed by atoms with Gasteiger partial charge in [-0.25, -0.2) is 0 Å². The van der Waals surface area contributed by atoms with Crippen LogP contribution in [-0.4, -0.2) is 25.9 Å². The number of nitrogens with one attached hydrogen (secondary N) is 2. The second kappa shape index (κ2) is 5.52. The van der Waals surface area contributed by atoms with Crippen LogP contribution in [0.15, 0.2) is 42.5 Å². The van der Waals surface area contributed by atoms with Crippen LogP contribution >= 0.6 is 0 Å². The summed E-state index contributed by atoms with van der Waals surface area (Å²) in [5, 5.41) is 5.63. The second-order valence-electron chi connectivity index (χ2n) is 5.49. The molecular weight excluding hydrogens is 278 g/mol. The number of benzene rings is 2. The van der Waals surface area contributed by atoms with E-state index in [0.29, 0.717) is 17.7 Å². The Balaban J connectivity index is 1.74. The fourth-order valence-electron chi connectivity index (χ4n) is 2.42. The van der Waals surface area contributed by atoms with Gasteiger partial charge in [0.1, 0.15) is 0 Å². The van der Waals surface area contributed by atoms with Gasteiger partial charge in [0, 0.05) is 36.7 Å². The molecule has 0 fully saturated rings. The fraction of sp³-hybridized carbons (Fsp3) is 0.176. The lowest BCUT2D eigenvalue weighted by Crippen LogP contribution is -2.13. The summed E-state index contributed by atoms with van der Waals surface area (Å²) in [7, 11) is 3.91. The number of amides is 2. The third-order valence-electron chi connectivity index (χ3n) is 3.63. The van der Waals surface area contributed by atoms with Gasteiger partial charge in [-0.15, -0.1) is 0 Å². The maximum Gasteiger partial charge on any atom is 0.255 e. The molecule has 0 radical (unpaired) electrons. The molecule has 0 aliphatic carbocycles. The first-order valence-corrected chi connectivity index (χ1v) is 7.04. The number of hydrogen-bond acceptors (Lipinski definition) is 3. The zero-order valence-electron chi connectivity index (χ0n) is 12.5. The molecule has 5 heteroatoms. The van der Waals surface area contributed by atoms with E-state index in [2.05, 4.69) is 10.6 Å². The van der Waals surface area contributed by atoms with Crippen molar-refractivity contribution in [3.63, 3.8) is 0 Å². The topological polar surface area (TPSA) is 61.4 Å². The Bertz CT molecular complexity index is 736. The normalized spacial score (nSPS) is 12.5. The van der Waals surface area contributed by atoms with E-state index in [4.69, 9.17) is 0 Å². The van der Waals surface area contributed by atoms with Crippen molar-refractivity contribution in [3.05, 3.63) is 53.6 Å². The van der Waals surface area contributed by atoms with E-state index < -0.39 is 0 Å². The van der Waals surface area contributed by atoms with Crippen molar-refractivity contribution in [3.8, 4) is 0 Å². The minimum Gasteiger partial charge on any atom is -0.378 e. The Morgan fingerprint density at radius 1 is 1.14 bits per heavy atom. The Hall–Kier alpha value is -2.82. The van der Waals surface area contributed by atoms with Crippen LogP contribution in [-0.2, 0) is 11.2 Å². The van der Waals surface area contributed by atoms with Crippen molar-refractivity contribution in [1.29, 1.82) is 0 Å². The molecule has 2 N–H and O–H groups in total. The standard InChI is InChI=1S/C17H17N3O2/c1-20(2)14-6-3-11(4-7-14)17(22)18-13-5-8-15-12(9-13)10-16(21)19-15/h3-9H,10H2,1-2H3,(H,18,22)(H,19,21). The Kier molecular flexibility index (Phi) is 3.55. The molecule has 0 aromatic heterocycles. The van der Waals surface area contributed by atoms with Gasteiger partial charge >= 0.3 is 0 Å². The summed E-state index contributed by atoms with van der Waals surface area (Å²) in [5.74, 6) is -0.180. The van der Waals surface area contributed by atoms with Gasteiger partial charge in [0.05, 0.1) is 6.42 Å². The molecule has 2 aromatic carbocycles. The first-order chi connectivity index (χ1) is 10.5. The van der Waals surface area contributed by atoms with Gasteiger partial charge in [0.2, 0.25) is 5.91 Å². The van der Waals surface area contributed by atoms with Crippen molar-refractivity contribution in [2.75, 3.05) is 29.6 Å². The first-order valence-electron chi connectivity index (χ1n) is 7.04. The van der Waals surface area contributed by atoms with E-state index in [1.54, 1.807) is 18.2 Å². The predicted molar refractivity (Wildman–Crippen MR) is 87.5 cm³/mol. The minimum atomic E-state index is -0.164. The van der Waals surface area contributed by atoms with Crippen molar-refractivity contribution in [1.82, 2.24) is 0 Å². The second-order valence-corrected chi connectivity index (χ2v) is 5.49. The van der Waals surface area contributed by atoms with Gasteiger partial charge in [-0.2, -0.15) is 0 Å². The minimum absolute atomic E-state index is 0.0160. The summed E-state index contributed by atoms with van der Waals surface area (Å²) < 4.78 is 0. The highest BCUT2D eigenvalue weighted by Crippen LogP contribution is 2.26. The van der Waals surface area contributed by atoms with E-state index in [1.807, 2.05) is 43.3 Å². The monoisotopic (exact) mass is 295 g/mol. The lowest BCUT2D eigenvalue weighted by atomic mass is 10.1. The Morgan fingerprint density at radius 2 is 1.86 bits per heavy atom. The molecule has 1 heterocycles. The Morgan fingerprint density at radius 3 is 2.55 bits per heavy atom. The third-order valence-corrected chi connectivity index (χ3v) is 3.63. The average Bonchev–Trinajstić information content (AvgIpc) is 2.86. The van der Waals surface area contributed by atoms with Crippen LogP contribution in [0.25, 0.3) is 0 Å². The molecule has 1 aliphatic heterocycles. The lowest BCUT2D eigenvalue weighted by Gasteiger charge is -2.12. The average molecular weight is 295 g/mol. The number of anilines is 3. The summed E-state index contributed by atoms with van der Waals surface area (Å²) in [5.41, 5.74) is 4.06. The summed E-state index contributed by atoms with van der Waals surface area (Å²) in [6.07, 6.45) is 0.358. The molecule has 0 saturated carbocycles. The molecule has 0 spiro atoms. The quantitative estimate of drug-likeness (QED) is 0.914. The molecule has 0 unspecified atom stereocenters. The van der Waals surface area contributed by atoms with E-state index in [1.165, 1.54) is 0 Å². The maximum absolute atomic E-state index is 12.3. The molecule has 0 bridgehead atoms. The molecule has 112 valence electrons. The number of fused-ring (bicyclic) bond motifs is 1. The van der Waals surface area contributed by atoms with Gasteiger partial charge in [0.15, 0.2) is 0 Å². The SMILES string of the molecule is CN(C)c1ccc(C(=O)Nc2ccc3c(c2)CC(=O)N3)cc1. The fourth-order valence-corrected chi connectivity index (χ4v) is 2.42. The van der Waals surface area contributed by atoms with E-state index >= 15 is 0 Å². The summed E-state index contributed by atoms with van der Waals surface area (Å²) in [6.45, 7) is 0. The molecule has 3 rings (SSSR count). The summed E-state index contributed by atoms with van der Waals surface area (Å²) in [4.78, 5) is 25.6. The maximum atomic E-state index is 12.3. The van der Waals surface area contributed by atoms with E-state index in [9.17, 15) is 9.59 Å². The van der Waals surface area contributed by atoms with Gasteiger partial charge in [-0.05, 0) is 48.0 Å². The molecule has 2 aromatic rings. The first kappa shape index (κ1) is 14.1. The van der Waals surface area contributed by atoms with Crippen molar-refractivity contribution in [2.45, 2.75) is 6.42 Å². The highest BCUT2D eigenvalue weighted by atomic mass is 16.2. The van der Waals surface area contributed by atoms with Crippen molar-refractivity contribution >= 4 is 28.9 Å². The number of carbonyl (C=O) groups is 2. The molecule has 22 heavy (non-hydrogen) atoms. The van der Waals surface area contributed by atoms with Gasteiger partial charge in [-0.3, -0.25) is 9.59 Å².